The Kier molecular flexibility index (Phi) is 11.0. The number of unbranched alkanes of at least 4 members (excludes halogenated alkanes) is 2. The molecule has 2 N–H and O–H groups in total. The van der Waals surface area contributed by atoms with Crippen LogP contribution < -0.4 is 4.90 Å². The highest BCUT2D eigenvalue weighted by molar-refractivity contribution is 7.16. The fourth-order valence-corrected chi connectivity index (χ4v) is 7.03. The van der Waals surface area contributed by atoms with Crippen LogP contribution in [0.1, 0.15) is 41.5 Å². The SMILES string of the molecule is [C-]#[N+]/C(=C\c1ccc(-c2ccc(N(c3ccc(CCCCC)cc3)c3ccc(-c4ccc(/C=C(\C#N)C(=O)O)s4)cc3)cc2)s1)C(=O)O. The van der Waals surface area contributed by atoms with Gasteiger partial charge in [-0.05, 0) is 102 Å². The fraction of sp³-hybridized carbons (Fsp3) is 0.128. The summed E-state index contributed by atoms with van der Waals surface area (Å²) in [6, 6.07) is 34.2. The number of benzene rings is 3. The van der Waals surface area contributed by atoms with Gasteiger partial charge in [0.05, 0.1) is 6.57 Å². The molecular weight excluding hydrogens is 639 g/mol. The number of aliphatic carboxylic acids is 2. The number of carboxylic acid groups (broad SMARTS) is 2. The lowest BCUT2D eigenvalue weighted by molar-refractivity contribution is -0.133. The Morgan fingerprint density at radius 3 is 1.69 bits per heavy atom. The highest BCUT2D eigenvalue weighted by Crippen LogP contribution is 2.39. The summed E-state index contributed by atoms with van der Waals surface area (Å²) in [5.41, 5.74) is 5.57. The van der Waals surface area contributed by atoms with Gasteiger partial charge in [-0.1, -0.05) is 56.2 Å². The number of carboxylic acids is 2. The summed E-state index contributed by atoms with van der Waals surface area (Å²) in [6.07, 6.45) is 7.36. The van der Waals surface area contributed by atoms with Crippen LogP contribution in [0.4, 0.5) is 17.1 Å². The summed E-state index contributed by atoms with van der Waals surface area (Å²) >= 11 is 2.85. The van der Waals surface area contributed by atoms with Gasteiger partial charge in [-0.2, -0.15) is 5.26 Å². The molecule has 3 aromatic carbocycles. The number of carbonyl (C=O) groups is 2. The zero-order valence-electron chi connectivity index (χ0n) is 26.1. The first-order chi connectivity index (χ1) is 23.3. The van der Waals surface area contributed by atoms with Crippen molar-refractivity contribution in [3.8, 4) is 27.0 Å². The van der Waals surface area contributed by atoms with Gasteiger partial charge in [-0.15, -0.1) is 22.7 Å². The van der Waals surface area contributed by atoms with Crippen LogP contribution in [-0.2, 0) is 16.0 Å². The van der Waals surface area contributed by atoms with Crippen molar-refractivity contribution in [2.75, 3.05) is 4.90 Å². The monoisotopic (exact) mass is 669 g/mol. The Labute approximate surface area is 287 Å². The molecule has 2 aromatic heterocycles. The summed E-state index contributed by atoms with van der Waals surface area (Å²) in [5, 5.41) is 27.5. The molecule has 0 unspecified atom stereocenters. The molecule has 0 saturated carbocycles. The van der Waals surface area contributed by atoms with E-state index in [1.165, 1.54) is 53.2 Å². The zero-order chi connectivity index (χ0) is 34.0. The molecule has 0 atom stereocenters. The van der Waals surface area contributed by atoms with E-state index in [1.807, 2.05) is 48.5 Å². The van der Waals surface area contributed by atoms with Crippen LogP contribution >= 0.6 is 22.7 Å². The average molecular weight is 670 g/mol. The third kappa shape index (κ3) is 8.15. The van der Waals surface area contributed by atoms with Crippen molar-refractivity contribution in [3.63, 3.8) is 0 Å². The molecule has 0 bridgehead atoms. The van der Waals surface area contributed by atoms with Crippen molar-refractivity contribution in [3.05, 3.63) is 135 Å². The van der Waals surface area contributed by atoms with Crippen LogP contribution in [-0.4, -0.2) is 22.2 Å². The third-order valence-electron chi connectivity index (χ3n) is 7.59. The van der Waals surface area contributed by atoms with E-state index in [4.69, 9.17) is 11.8 Å². The Morgan fingerprint density at radius 1 is 0.750 bits per heavy atom. The molecule has 0 saturated heterocycles. The maximum absolute atomic E-state index is 11.3. The largest absolute Gasteiger partial charge is 0.486 e. The van der Waals surface area contributed by atoms with Crippen molar-refractivity contribution in [2.24, 2.45) is 0 Å². The molecule has 5 rings (SSSR count). The Morgan fingerprint density at radius 2 is 1.25 bits per heavy atom. The third-order valence-corrected chi connectivity index (χ3v) is 9.76. The van der Waals surface area contributed by atoms with E-state index in [0.29, 0.717) is 9.75 Å². The highest BCUT2D eigenvalue weighted by atomic mass is 32.1. The summed E-state index contributed by atoms with van der Waals surface area (Å²) < 4.78 is 0. The molecule has 0 spiro atoms. The van der Waals surface area contributed by atoms with Gasteiger partial charge < -0.3 is 15.1 Å². The molecule has 0 aliphatic heterocycles. The minimum atomic E-state index is -1.25. The second kappa shape index (κ2) is 15.7. The molecule has 2 heterocycles. The molecule has 0 amide bonds. The second-order valence-corrected chi connectivity index (χ2v) is 13.1. The van der Waals surface area contributed by atoms with Gasteiger partial charge in [0.15, 0.2) is 0 Å². The van der Waals surface area contributed by atoms with Crippen molar-refractivity contribution >= 4 is 63.8 Å². The number of aryl methyl sites for hydroxylation is 1. The number of rotatable bonds is 13. The van der Waals surface area contributed by atoms with Crippen LogP contribution in [0.2, 0.25) is 0 Å². The van der Waals surface area contributed by atoms with Gasteiger partial charge in [-0.3, -0.25) is 4.79 Å². The number of nitrogens with zero attached hydrogens (tertiary/aromatic N) is 3. The maximum Gasteiger partial charge on any atom is 0.346 e. The van der Waals surface area contributed by atoms with Crippen molar-refractivity contribution in [1.29, 1.82) is 5.26 Å². The molecule has 0 aliphatic carbocycles. The summed E-state index contributed by atoms with van der Waals surface area (Å²) in [4.78, 5) is 31.1. The van der Waals surface area contributed by atoms with Gasteiger partial charge in [0.25, 0.3) is 5.70 Å². The second-order valence-electron chi connectivity index (χ2n) is 10.9. The first-order valence-corrected chi connectivity index (χ1v) is 16.9. The number of anilines is 3. The predicted molar refractivity (Wildman–Crippen MR) is 194 cm³/mol. The van der Waals surface area contributed by atoms with E-state index in [-0.39, 0.29) is 11.3 Å². The van der Waals surface area contributed by atoms with E-state index in [1.54, 1.807) is 6.07 Å². The fourth-order valence-electron chi connectivity index (χ4n) is 5.12. The number of hydrogen-bond donors (Lipinski definition) is 2. The summed E-state index contributed by atoms with van der Waals surface area (Å²) in [7, 11) is 0. The molecule has 9 heteroatoms. The van der Waals surface area contributed by atoms with Crippen LogP contribution in [0.25, 0.3) is 37.9 Å². The Bertz CT molecular complexity index is 1930. The smallest absolute Gasteiger partial charge is 0.346 e. The minimum Gasteiger partial charge on any atom is -0.486 e. The number of thiophene rings is 2. The van der Waals surface area contributed by atoms with E-state index < -0.39 is 11.9 Å². The predicted octanol–water partition coefficient (Wildman–Crippen LogP) is 10.7. The molecule has 48 heavy (non-hydrogen) atoms. The molecule has 238 valence electrons. The standard InChI is InChI=1S/C39H31N3O4S2/c1-3-4-5-6-26-7-13-30(14-8-26)42(31-15-9-27(10-16-31)36-21-19-33(47-36)23-29(25-40)38(43)44)32-17-11-28(12-18-32)37-22-20-34(48-37)24-35(41-2)39(45)46/h7-24H,3-6H2,1H3,(H,43,44)(H,45,46)/b29-23+,35-24-. The normalized spacial score (nSPS) is 11.5. The molecule has 5 aromatic rings. The topological polar surface area (TPSA) is 106 Å². The lowest BCUT2D eigenvalue weighted by Gasteiger charge is -2.26. The van der Waals surface area contributed by atoms with Crippen molar-refractivity contribution in [2.45, 2.75) is 32.6 Å². The van der Waals surface area contributed by atoms with Crippen LogP contribution in [0.3, 0.4) is 0 Å². The molecule has 0 aliphatic rings. The van der Waals surface area contributed by atoms with Crippen LogP contribution in [0, 0.1) is 17.9 Å². The Hall–Kier alpha value is -5.74. The molecule has 7 nitrogen and oxygen atoms in total. The van der Waals surface area contributed by atoms with Gasteiger partial charge in [-0.25, -0.2) is 9.64 Å². The van der Waals surface area contributed by atoms with Crippen molar-refractivity contribution in [1.82, 2.24) is 0 Å². The lowest BCUT2D eigenvalue weighted by Crippen LogP contribution is -2.09. The van der Waals surface area contributed by atoms with Crippen LogP contribution in [0.5, 0.6) is 0 Å². The van der Waals surface area contributed by atoms with Gasteiger partial charge in [0, 0.05) is 36.6 Å². The van der Waals surface area contributed by atoms with E-state index in [0.717, 1.165) is 50.8 Å². The van der Waals surface area contributed by atoms with Gasteiger partial charge >= 0.3 is 11.9 Å². The molecule has 0 radical (unpaired) electrons. The molecular formula is C39H31N3O4S2. The number of hydrogen-bond acceptors (Lipinski definition) is 6. The van der Waals surface area contributed by atoms with Crippen molar-refractivity contribution < 1.29 is 19.8 Å². The highest BCUT2D eigenvalue weighted by Gasteiger charge is 2.15. The first kappa shape index (κ1) is 33.6. The lowest BCUT2D eigenvalue weighted by atomic mass is 10.1. The Balaban J connectivity index is 1.45. The minimum absolute atomic E-state index is 0.305. The maximum atomic E-state index is 11.3. The van der Waals surface area contributed by atoms with E-state index in [9.17, 15) is 19.8 Å². The summed E-state index contributed by atoms with van der Waals surface area (Å²) in [6.45, 7) is 9.31. The molecule has 0 fully saturated rings. The van der Waals surface area contributed by atoms with E-state index >= 15 is 0 Å². The average Bonchev–Trinajstić information content (AvgIpc) is 3.77. The summed E-state index contributed by atoms with van der Waals surface area (Å²) in [5.74, 6) is -2.49. The number of nitriles is 1. The van der Waals surface area contributed by atoms with Crippen LogP contribution in [0.15, 0.2) is 108 Å². The van der Waals surface area contributed by atoms with Gasteiger partial charge in [0.2, 0.25) is 0 Å². The van der Waals surface area contributed by atoms with E-state index in [2.05, 4.69) is 65.2 Å². The van der Waals surface area contributed by atoms with Gasteiger partial charge in [0.1, 0.15) is 11.6 Å². The first-order valence-electron chi connectivity index (χ1n) is 15.3. The quantitative estimate of drug-likeness (QED) is 0.0559. The zero-order valence-corrected chi connectivity index (χ0v) is 27.7.